The van der Waals surface area contributed by atoms with Gasteiger partial charge in [-0.25, -0.2) is 9.78 Å². The monoisotopic (exact) mass is 327 g/mol. The van der Waals surface area contributed by atoms with Crippen LogP contribution in [0.15, 0.2) is 43.0 Å². The number of rotatable bonds is 5. The maximum Gasteiger partial charge on any atom is 0.471 e. The summed E-state index contributed by atoms with van der Waals surface area (Å²) in [5.74, 6) is -3.22. The molecule has 1 aromatic carbocycles. The molecule has 0 unspecified atom stereocenters. The Kier molecular flexibility index (Phi) is 4.68. The molecule has 0 fully saturated rings. The Labute approximate surface area is 128 Å². The molecule has 1 N–H and O–H groups in total. The van der Waals surface area contributed by atoms with E-state index >= 15 is 0 Å². The standard InChI is InChI=1S/C14H12F3N3O3/c15-14(16,17)13(23)20(8-7-19-6-5-18-9-19)11-3-1-10(2-4-11)12(21)22/h1-6,9H,7-8H2,(H,21,22). The molecule has 6 nitrogen and oxygen atoms in total. The average Bonchev–Trinajstić information content (AvgIpc) is 3.00. The fourth-order valence-corrected chi connectivity index (χ4v) is 1.92. The lowest BCUT2D eigenvalue weighted by atomic mass is 10.2. The van der Waals surface area contributed by atoms with Crippen LogP contribution in [0.1, 0.15) is 10.4 Å². The summed E-state index contributed by atoms with van der Waals surface area (Å²) in [6, 6.07) is 4.62. The van der Waals surface area contributed by atoms with Gasteiger partial charge in [-0.1, -0.05) is 0 Å². The van der Waals surface area contributed by atoms with Gasteiger partial charge < -0.3 is 14.6 Å². The number of carboxylic acids is 1. The Morgan fingerprint density at radius 3 is 2.35 bits per heavy atom. The molecule has 1 amide bonds. The van der Waals surface area contributed by atoms with Crippen LogP contribution < -0.4 is 4.90 Å². The van der Waals surface area contributed by atoms with Crippen molar-refractivity contribution >= 4 is 17.6 Å². The molecule has 0 bridgehead atoms. The van der Waals surface area contributed by atoms with Crippen LogP contribution in [0.5, 0.6) is 0 Å². The molecule has 23 heavy (non-hydrogen) atoms. The van der Waals surface area contributed by atoms with Crippen LogP contribution in [-0.4, -0.2) is 39.3 Å². The van der Waals surface area contributed by atoms with Gasteiger partial charge in [0.05, 0.1) is 11.9 Å². The van der Waals surface area contributed by atoms with E-state index in [0.29, 0.717) is 4.90 Å². The number of amides is 1. The molecule has 2 aromatic rings. The van der Waals surface area contributed by atoms with E-state index < -0.39 is 18.1 Å². The second kappa shape index (κ2) is 6.51. The highest BCUT2D eigenvalue weighted by molar-refractivity contribution is 5.97. The van der Waals surface area contributed by atoms with Gasteiger partial charge in [-0.05, 0) is 24.3 Å². The molecule has 1 heterocycles. The number of hydrogen-bond acceptors (Lipinski definition) is 3. The van der Waals surface area contributed by atoms with Crippen LogP contribution >= 0.6 is 0 Å². The highest BCUT2D eigenvalue weighted by Crippen LogP contribution is 2.24. The quantitative estimate of drug-likeness (QED) is 0.913. The Hall–Kier alpha value is -2.84. The third-order valence-electron chi connectivity index (χ3n) is 3.05. The topological polar surface area (TPSA) is 75.4 Å². The first-order chi connectivity index (χ1) is 10.8. The minimum atomic E-state index is -5.03. The first kappa shape index (κ1) is 16.5. The van der Waals surface area contributed by atoms with E-state index in [2.05, 4.69) is 4.98 Å². The van der Waals surface area contributed by atoms with Crippen molar-refractivity contribution in [1.29, 1.82) is 0 Å². The van der Waals surface area contributed by atoms with Gasteiger partial charge in [0.1, 0.15) is 0 Å². The summed E-state index contributed by atoms with van der Waals surface area (Å²) in [7, 11) is 0. The Balaban J connectivity index is 2.24. The van der Waals surface area contributed by atoms with Crippen molar-refractivity contribution in [3.8, 4) is 0 Å². The number of benzene rings is 1. The molecule has 122 valence electrons. The second-order valence-electron chi connectivity index (χ2n) is 4.61. The van der Waals surface area contributed by atoms with Crippen LogP contribution in [0.25, 0.3) is 0 Å². The summed E-state index contributed by atoms with van der Waals surface area (Å²) in [5.41, 5.74) is -0.111. The largest absolute Gasteiger partial charge is 0.478 e. The normalized spacial score (nSPS) is 11.3. The number of carboxylic acid groups (broad SMARTS) is 1. The van der Waals surface area contributed by atoms with Gasteiger partial charge >= 0.3 is 18.1 Å². The molecule has 0 saturated carbocycles. The lowest BCUT2D eigenvalue weighted by molar-refractivity contribution is -0.170. The highest BCUT2D eigenvalue weighted by Gasteiger charge is 2.42. The zero-order valence-corrected chi connectivity index (χ0v) is 11.7. The van der Waals surface area contributed by atoms with Crippen LogP contribution in [0, 0.1) is 0 Å². The molecule has 0 spiro atoms. The van der Waals surface area contributed by atoms with E-state index in [1.165, 1.54) is 29.2 Å². The third kappa shape index (κ3) is 4.09. The number of aromatic carboxylic acids is 1. The maximum atomic E-state index is 12.8. The number of imidazole rings is 1. The highest BCUT2D eigenvalue weighted by atomic mass is 19.4. The smallest absolute Gasteiger partial charge is 0.471 e. The molecule has 0 aliphatic rings. The minimum absolute atomic E-state index is 0.0301. The van der Waals surface area contributed by atoms with E-state index in [1.807, 2.05) is 0 Å². The molecule has 0 aliphatic carbocycles. The van der Waals surface area contributed by atoms with Crippen molar-refractivity contribution in [2.75, 3.05) is 11.4 Å². The SMILES string of the molecule is O=C(O)c1ccc(N(CCn2ccnc2)C(=O)C(F)(F)F)cc1. The second-order valence-corrected chi connectivity index (χ2v) is 4.61. The molecule has 1 aromatic heterocycles. The number of hydrogen-bond donors (Lipinski definition) is 1. The molecular weight excluding hydrogens is 315 g/mol. The van der Waals surface area contributed by atoms with Crippen molar-refractivity contribution in [3.05, 3.63) is 48.5 Å². The summed E-state index contributed by atoms with van der Waals surface area (Å²) in [5, 5.41) is 8.81. The van der Waals surface area contributed by atoms with Crippen molar-refractivity contribution in [1.82, 2.24) is 9.55 Å². The number of aromatic nitrogens is 2. The maximum absolute atomic E-state index is 12.8. The van der Waals surface area contributed by atoms with Crippen LogP contribution in [0.4, 0.5) is 18.9 Å². The lowest BCUT2D eigenvalue weighted by Crippen LogP contribution is -2.42. The van der Waals surface area contributed by atoms with Gasteiger partial charge in [-0.3, -0.25) is 4.79 Å². The van der Waals surface area contributed by atoms with Crippen molar-refractivity contribution in [3.63, 3.8) is 0 Å². The number of carbonyl (C=O) groups is 2. The number of anilines is 1. The summed E-state index contributed by atoms with van der Waals surface area (Å²) in [6.45, 7) is -0.121. The Bertz CT molecular complexity index is 682. The van der Waals surface area contributed by atoms with E-state index in [4.69, 9.17) is 5.11 Å². The molecule has 0 aliphatic heterocycles. The first-order valence-electron chi connectivity index (χ1n) is 6.47. The van der Waals surface area contributed by atoms with Gasteiger partial charge in [-0.2, -0.15) is 13.2 Å². The number of nitrogens with zero attached hydrogens (tertiary/aromatic N) is 3. The Morgan fingerprint density at radius 2 is 1.87 bits per heavy atom. The van der Waals surface area contributed by atoms with Gasteiger partial charge in [0, 0.05) is 31.2 Å². The van der Waals surface area contributed by atoms with E-state index in [0.717, 1.165) is 12.1 Å². The molecular formula is C14H12F3N3O3. The van der Waals surface area contributed by atoms with Gasteiger partial charge in [0.2, 0.25) is 0 Å². The fraction of sp³-hybridized carbons (Fsp3) is 0.214. The predicted octanol–water partition coefficient (Wildman–Crippen LogP) is 2.18. The number of carbonyl (C=O) groups excluding carboxylic acids is 1. The van der Waals surface area contributed by atoms with Crippen molar-refractivity contribution < 1.29 is 27.9 Å². The molecule has 0 radical (unpaired) electrons. The molecule has 9 heteroatoms. The number of halogens is 3. The first-order valence-corrected chi connectivity index (χ1v) is 6.47. The minimum Gasteiger partial charge on any atom is -0.478 e. The van der Waals surface area contributed by atoms with Gasteiger partial charge in [0.25, 0.3) is 0 Å². The average molecular weight is 327 g/mol. The van der Waals surface area contributed by atoms with E-state index in [9.17, 15) is 22.8 Å². The van der Waals surface area contributed by atoms with E-state index in [-0.39, 0.29) is 24.3 Å². The summed E-state index contributed by atoms with van der Waals surface area (Å²) in [4.78, 5) is 26.7. The third-order valence-corrected chi connectivity index (χ3v) is 3.05. The molecule has 0 atom stereocenters. The van der Waals surface area contributed by atoms with Gasteiger partial charge in [0.15, 0.2) is 0 Å². The van der Waals surface area contributed by atoms with E-state index in [1.54, 1.807) is 6.20 Å². The zero-order chi connectivity index (χ0) is 17.0. The Morgan fingerprint density at radius 1 is 1.22 bits per heavy atom. The van der Waals surface area contributed by atoms with Crippen LogP contribution in [0.2, 0.25) is 0 Å². The molecule has 2 rings (SSSR count). The lowest BCUT2D eigenvalue weighted by Gasteiger charge is -2.24. The van der Waals surface area contributed by atoms with Crippen molar-refractivity contribution in [2.24, 2.45) is 0 Å². The number of alkyl halides is 3. The van der Waals surface area contributed by atoms with Crippen LogP contribution in [0.3, 0.4) is 0 Å². The summed E-state index contributed by atoms with van der Waals surface area (Å²) < 4.78 is 39.8. The fourth-order valence-electron chi connectivity index (χ4n) is 1.92. The van der Waals surface area contributed by atoms with Gasteiger partial charge in [-0.15, -0.1) is 0 Å². The van der Waals surface area contributed by atoms with Crippen LogP contribution in [-0.2, 0) is 11.3 Å². The zero-order valence-electron chi connectivity index (χ0n) is 11.7. The van der Waals surface area contributed by atoms with Crippen molar-refractivity contribution in [2.45, 2.75) is 12.7 Å². The molecule has 0 saturated heterocycles. The summed E-state index contributed by atoms with van der Waals surface area (Å²) in [6.07, 6.45) is -0.578. The predicted molar refractivity (Wildman–Crippen MR) is 74.0 cm³/mol. The summed E-state index contributed by atoms with van der Waals surface area (Å²) >= 11 is 0.